The highest BCUT2D eigenvalue weighted by Crippen LogP contribution is 2.14. The summed E-state index contributed by atoms with van der Waals surface area (Å²) in [5.74, 6) is 0. The third kappa shape index (κ3) is 11.2. The van der Waals surface area contributed by atoms with Gasteiger partial charge in [0.15, 0.2) is 0 Å². The molecular weight excluding hydrogens is 339 g/mol. The predicted molar refractivity (Wildman–Crippen MR) is 107 cm³/mol. The van der Waals surface area contributed by atoms with Gasteiger partial charge in [0.25, 0.3) is 10.1 Å². The standard InChI is InChI=1S/C19H32O3S.H3P/c1-2-3-4-5-6-7-8-9-10-11-15-18-22-23(20,21)19-16-13-12-14-17-19;/h12-14,16-17H,2-11,15,18H2,1H3;1H3. The van der Waals surface area contributed by atoms with E-state index in [9.17, 15) is 8.42 Å². The smallest absolute Gasteiger partial charge is 0.266 e. The SMILES string of the molecule is CCCCCCCCCCCCCOS(=O)(=O)c1ccccc1.P. The van der Waals surface area contributed by atoms with E-state index in [1.165, 1.54) is 57.8 Å². The van der Waals surface area contributed by atoms with Gasteiger partial charge in [0, 0.05) is 0 Å². The number of hydrogen-bond donors (Lipinski definition) is 0. The second-order valence-corrected chi connectivity index (χ2v) is 7.74. The molecule has 0 aromatic heterocycles. The summed E-state index contributed by atoms with van der Waals surface area (Å²) >= 11 is 0. The van der Waals surface area contributed by atoms with Gasteiger partial charge in [-0.25, -0.2) is 0 Å². The minimum Gasteiger partial charge on any atom is -0.266 e. The summed E-state index contributed by atoms with van der Waals surface area (Å²) in [5.41, 5.74) is 0. The van der Waals surface area contributed by atoms with Crippen LogP contribution < -0.4 is 0 Å². The van der Waals surface area contributed by atoms with Crippen molar-refractivity contribution in [1.82, 2.24) is 0 Å². The van der Waals surface area contributed by atoms with E-state index < -0.39 is 10.1 Å². The van der Waals surface area contributed by atoms with Gasteiger partial charge in [0.1, 0.15) is 0 Å². The van der Waals surface area contributed by atoms with Crippen molar-refractivity contribution in [3.05, 3.63) is 30.3 Å². The first-order valence-corrected chi connectivity index (χ1v) is 10.5. The molecule has 0 heterocycles. The quantitative estimate of drug-likeness (QED) is 0.236. The Bertz CT molecular complexity index is 489. The Kier molecular flexibility index (Phi) is 14.6. The molecule has 24 heavy (non-hydrogen) atoms. The van der Waals surface area contributed by atoms with Crippen molar-refractivity contribution in [1.29, 1.82) is 0 Å². The van der Waals surface area contributed by atoms with Crippen molar-refractivity contribution in [3.63, 3.8) is 0 Å². The van der Waals surface area contributed by atoms with Crippen molar-refractivity contribution >= 4 is 20.0 Å². The summed E-state index contributed by atoms with van der Waals surface area (Å²) in [6.45, 7) is 2.53. The lowest BCUT2D eigenvalue weighted by atomic mass is 10.1. The third-order valence-electron chi connectivity index (χ3n) is 4.02. The maximum absolute atomic E-state index is 11.9. The Morgan fingerprint density at radius 1 is 0.750 bits per heavy atom. The number of rotatable bonds is 14. The molecule has 0 saturated carbocycles. The Hall–Kier alpha value is -0.440. The zero-order valence-corrected chi connectivity index (χ0v) is 17.4. The first kappa shape index (κ1) is 23.6. The Labute approximate surface area is 152 Å². The lowest BCUT2D eigenvalue weighted by molar-refractivity contribution is 0.306. The van der Waals surface area contributed by atoms with Crippen molar-refractivity contribution in [2.45, 2.75) is 82.4 Å². The van der Waals surface area contributed by atoms with Crippen LogP contribution >= 0.6 is 9.90 Å². The summed E-state index contributed by atoms with van der Waals surface area (Å²) in [7, 11) is -3.57. The van der Waals surface area contributed by atoms with Crippen LogP contribution in [0.5, 0.6) is 0 Å². The van der Waals surface area contributed by atoms with Crippen molar-refractivity contribution in [3.8, 4) is 0 Å². The van der Waals surface area contributed by atoms with Crippen LogP contribution in [0.25, 0.3) is 0 Å². The molecular formula is C19H35O3PS. The van der Waals surface area contributed by atoms with E-state index in [-0.39, 0.29) is 21.4 Å². The van der Waals surface area contributed by atoms with Gasteiger partial charge in [-0.1, -0.05) is 89.3 Å². The van der Waals surface area contributed by atoms with E-state index in [1.807, 2.05) is 0 Å². The average molecular weight is 375 g/mol. The van der Waals surface area contributed by atoms with Crippen LogP contribution in [0.3, 0.4) is 0 Å². The summed E-state index contributed by atoms with van der Waals surface area (Å²) in [6.07, 6.45) is 13.7. The molecule has 0 aliphatic rings. The van der Waals surface area contributed by atoms with Crippen LogP contribution in [0.4, 0.5) is 0 Å². The highest BCUT2D eigenvalue weighted by Gasteiger charge is 2.13. The van der Waals surface area contributed by atoms with Gasteiger partial charge in [0.05, 0.1) is 11.5 Å². The maximum atomic E-state index is 11.9. The molecule has 1 aromatic carbocycles. The molecule has 0 N–H and O–H groups in total. The van der Waals surface area contributed by atoms with Crippen LogP contribution in [-0.2, 0) is 14.3 Å². The monoisotopic (exact) mass is 374 g/mol. The van der Waals surface area contributed by atoms with Crippen LogP contribution in [0.1, 0.15) is 77.6 Å². The van der Waals surface area contributed by atoms with Crippen LogP contribution in [0.15, 0.2) is 35.2 Å². The minimum atomic E-state index is -3.57. The minimum absolute atomic E-state index is 0. The molecule has 0 fully saturated rings. The summed E-state index contributed by atoms with van der Waals surface area (Å²) in [4.78, 5) is 0.239. The first-order chi connectivity index (χ1) is 11.2. The molecule has 1 rings (SSSR count). The van der Waals surface area contributed by atoms with Gasteiger partial charge in [0.2, 0.25) is 0 Å². The second-order valence-electron chi connectivity index (χ2n) is 6.12. The summed E-state index contributed by atoms with van der Waals surface area (Å²) in [6, 6.07) is 8.34. The topological polar surface area (TPSA) is 43.4 Å². The first-order valence-electron chi connectivity index (χ1n) is 9.11. The van der Waals surface area contributed by atoms with Gasteiger partial charge in [-0.3, -0.25) is 4.18 Å². The van der Waals surface area contributed by atoms with E-state index in [1.54, 1.807) is 30.3 Å². The van der Waals surface area contributed by atoms with Crippen molar-refractivity contribution < 1.29 is 12.6 Å². The third-order valence-corrected chi connectivity index (χ3v) is 5.34. The molecule has 0 aliphatic carbocycles. The molecule has 0 spiro atoms. The number of hydrogen-bond acceptors (Lipinski definition) is 3. The fourth-order valence-electron chi connectivity index (χ4n) is 2.59. The fourth-order valence-corrected chi connectivity index (χ4v) is 3.55. The van der Waals surface area contributed by atoms with Crippen molar-refractivity contribution in [2.75, 3.05) is 6.61 Å². The van der Waals surface area contributed by atoms with Gasteiger partial charge < -0.3 is 0 Å². The van der Waals surface area contributed by atoms with Crippen LogP contribution in [0.2, 0.25) is 0 Å². The van der Waals surface area contributed by atoms with E-state index in [2.05, 4.69) is 6.92 Å². The second kappa shape index (κ2) is 14.9. The Morgan fingerprint density at radius 2 is 1.21 bits per heavy atom. The predicted octanol–water partition coefficient (Wildman–Crippen LogP) is 5.76. The lowest BCUT2D eigenvalue weighted by Gasteiger charge is -2.05. The Morgan fingerprint density at radius 3 is 1.71 bits per heavy atom. The maximum Gasteiger partial charge on any atom is 0.296 e. The number of unbranched alkanes of at least 4 members (excludes halogenated alkanes) is 10. The lowest BCUT2D eigenvalue weighted by Crippen LogP contribution is -2.07. The van der Waals surface area contributed by atoms with Gasteiger partial charge in [-0.2, -0.15) is 18.3 Å². The van der Waals surface area contributed by atoms with Gasteiger partial charge in [-0.05, 0) is 18.6 Å². The molecule has 3 nitrogen and oxygen atoms in total. The molecule has 5 heteroatoms. The molecule has 140 valence electrons. The van der Waals surface area contributed by atoms with Crippen LogP contribution in [-0.4, -0.2) is 15.0 Å². The fraction of sp³-hybridized carbons (Fsp3) is 0.684. The largest absolute Gasteiger partial charge is 0.296 e. The molecule has 1 unspecified atom stereocenters. The molecule has 0 aliphatic heterocycles. The molecule has 1 aromatic rings. The molecule has 1 atom stereocenters. The zero-order chi connectivity index (χ0) is 16.8. The van der Waals surface area contributed by atoms with E-state index in [0.717, 1.165) is 12.8 Å². The normalized spacial score (nSPS) is 11.2. The zero-order valence-electron chi connectivity index (χ0n) is 15.2. The highest BCUT2D eigenvalue weighted by atomic mass is 32.2. The molecule has 0 amide bonds. The summed E-state index contributed by atoms with van der Waals surface area (Å²) < 4.78 is 28.9. The Balaban J connectivity index is 0.00000529. The molecule has 0 bridgehead atoms. The number of benzene rings is 1. The van der Waals surface area contributed by atoms with Crippen LogP contribution in [0, 0.1) is 0 Å². The molecule has 0 radical (unpaired) electrons. The van der Waals surface area contributed by atoms with Gasteiger partial charge >= 0.3 is 0 Å². The van der Waals surface area contributed by atoms with Crippen molar-refractivity contribution in [2.24, 2.45) is 0 Å². The molecule has 0 saturated heterocycles. The van der Waals surface area contributed by atoms with E-state index in [4.69, 9.17) is 4.18 Å². The average Bonchev–Trinajstić information content (AvgIpc) is 2.56. The van der Waals surface area contributed by atoms with E-state index in [0.29, 0.717) is 0 Å². The van der Waals surface area contributed by atoms with Gasteiger partial charge in [-0.15, -0.1) is 0 Å². The van der Waals surface area contributed by atoms with E-state index >= 15 is 0 Å². The highest BCUT2D eigenvalue weighted by molar-refractivity contribution is 7.86. The summed E-state index contributed by atoms with van der Waals surface area (Å²) in [5, 5.41) is 0.